The molecule has 2 aliphatic heterocycles. The highest BCUT2D eigenvalue weighted by Crippen LogP contribution is 2.35. The number of thioether (sulfide) groups is 1. The summed E-state index contributed by atoms with van der Waals surface area (Å²) in [6, 6.07) is 7.34. The van der Waals surface area contributed by atoms with E-state index in [9.17, 15) is 8.42 Å². The first-order valence-electron chi connectivity index (χ1n) is 6.96. The van der Waals surface area contributed by atoms with Gasteiger partial charge in [-0.2, -0.15) is 0 Å². The lowest BCUT2D eigenvalue weighted by Gasteiger charge is -2.23. The van der Waals surface area contributed by atoms with E-state index in [1.165, 1.54) is 11.8 Å². The zero-order chi connectivity index (χ0) is 16.6. The van der Waals surface area contributed by atoms with Gasteiger partial charge in [0.2, 0.25) is 0 Å². The molecule has 0 bridgehead atoms. The normalized spacial score (nSPS) is 23.3. The summed E-state index contributed by atoms with van der Waals surface area (Å²) in [5.41, 5.74) is 0.722. The molecule has 23 heavy (non-hydrogen) atoms. The summed E-state index contributed by atoms with van der Waals surface area (Å²) in [5.74, 6) is 0. The summed E-state index contributed by atoms with van der Waals surface area (Å²) in [5, 5.41) is 1.46. The minimum Gasteiger partial charge on any atom is -0.305 e. The van der Waals surface area contributed by atoms with Crippen molar-refractivity contribution in [1.29, 1.82) is 0 Å². The minimum absolute atomic E-state index is 0.525. The molecule has 0 saturated carbocycles. The van der Waals surface area contributed by atoms with Crippen LogP contribution in [0.15, 0.2) is 40.9 Å². The van der Waals surface area contributed by atoms with Crippen LogP contribution < -0.4 is 4.72 Å². The van der Waals surface area contributed by atoms with Crippen molar-refractivity contribution in [1.82, 2.24) is 9.80 Å². The second kappa shape index (κ2) is 6.35. The lowest BCUT2D eigenvalue weighted by Crippen LogP contribution is -2.42. The molecule has 1 aromatic carbocycles. The first kappa shape index (κ1) is 16.6. The molecular weight excluding hydrogens is 356 g/mol. The Hall–Kier alpha value is -1.22. The van der Waals surface area contributed by atoms with E-state index < -0.39 is 20.9 Å². The summed E-state index contributed by atoms with van der Waals surface area (Å²) in [6.07, 6.45) is 1.69. The van der Waals surface area contributed by atoms with Crippen LogP contribution in [0, 0.1) is 0 Å². The third kappa shape index (κ3) is 3.50. The quantitative estimate of drug-likeness (QED) is 0.634. The molecule has 0 aliphatic carbocycles. The number of sulfonamides is 1. The molecule has 2 unspecified atom stereocenters. The summed E-state index contributed by atoms with van der Waals surface area (Å²) in [7, 11) is 0.214. The molecule has 2 aliphatic rings. The topological polar surface area (TPSA) is 65.0 Å². The maximum absolute atomic E-state index is 12.7. The van der Waals surface area contributed by atoms with Gasteiger partial charge in [0.25, 0.3) is 10.0 Å². The summed E-state index contributed by atoms with van der Waals surface area (Å²) in [4.78, 5) is 7.79. The van der Waals surface area contributed by atoms with Crippen molar-refractivity contribution < 1.29 is 8.42 Å². The maximum atomic E-state index is 12.7. The number of nitrogens with one attached hydrogen (secondary N) is 1. The Kier molecular flexibility index (Phi) is 4.59. The summed E-state index contributed by atoms with van der Waals surface area (Å²) >= 11 is 7.49. The third-order valence-electron chi connectivity index (χ3n) is 3.36. The Morgan fingerprint density at radius 3 is 2.96 bits per heavy atom. The van der Waals surface area contributed by atoms with Gasteiger partial charge in [-0.1, -0.05) is 35.5 Å². The highest BCUT2D eigenvalue weighted by Gasteiger charge is 2.45. The van der Waals surface area contributed by atoms with Gasteiger partial charge in [0.15, 0.2) is 16.0 Å². The molecule has 9 heteroatoms. The van der Waals surface area contributed by atoms with Gasteiger partial charge < -0.3 is 9.80 Å². The number of aliphatic imine (C=N–C) groups is 1. The zero-order valence-electron chi connectivity index (χ0n) is 12.7. The molecule has 2 heterocycles. The average Bonchev–Trinajstić information content (AvgIpc) is 2.96. The van der Waals surface area contributed by atoms with E-state index in [1.807, 2.05) is 37.2 Å². The minimum atomic E-state index is -3.71. The number of hydrogen-bond acceptors (Lipinski definition) is 6. The predicted molar refractivity (Wildman–Crippen MR) is 95.8 cm³/mol. The molecule has 2 atom stereocenters. The number of rotatable bonds is 5. The number of anilines is 1. The fourth-order valence-corrected chi connectivity index (χ4v) is 5.43. The van der Waals surface area contributed by atoms with Crippen LogP contribution in [-0.4, -0.2) is 48.4 Å². The molecule has 0 radical (unpaired) electrons. The van der Waals surface area contributed by atoms with E-state index >= 15 is 0 Å². The molecular formula is C14H17ClN4O2S2. The zero-order valence-corrected chi connectivity index (χ0v) is 15.1. The molecule has 0 saturated heterocycles. The second-order valence-electron chi connectivity index (χ2n) is 5.57. The Balaban J connectivity index is 1.80. The summed E-state index contributed by atoms with van der Waals surface area (Å²) < 4.78 is 28.1. The predicted octanol–water partition coefficient (Wildman–Crippen LogP) is 2.27. The van der Waals surface area contributed by atoms with Crippen molar-refractivity contribution >= 4 is 44.2 Å². The lowest BCUT2D eigenvalue weighted by atomic mass is 10.2. The van der Waals surface area contributed by atoms with Gasteiger partial charge in [-0.3, -0.25) is 4.72 Å². The number of hydrogen-bond donors (Lipinski definition) is 1. The number of fused-ring (bicyclic) bond motifs is 1. The summed E-state index contributed by atoms with van der Waals surface area (Å²) in [6.45, 7) is 0.732. The number of amidine groups is 1. The monoisotopic (exact) mass is 372 g/mol. The van der Waals surface area contributed by atoms with E-state index in [-0.39, 0.29) is 0 Å². The van der Waals surface area contributed by atoms with Crippen LogP contribution in [0.4, 0.5) is 5.69 Å². The standard InChI is InChI=1S/C14H17ClN4O2S2/c1-18(2)9-10-4-3-5-11(8-10)17-23(20,21)13-12(15)16-14-19(13)6-7-22-14/h3-8,12-13,17H,9H2,1-2H3. The van der Waals surface area contributed by atoms with Crippen molar-refractivity contribution in [2.75, 3.05) is 18.8 Å². The Morgan fingerprint density at radius 1 is 1.43 bits per heavy atom. The fraction of sp³-hybridized carbons (Fsp3) is 0.357. The highest BCUT2D eigenvalue weighted by molar-refractivity contribution is 8.16. The maximum Gasteiger partial charge on any atom is 0.257 e. The van der Waals surface area contributed by atoms with E-state index in [4.69, 9.17) is 11.6 Å². The van der Waals surface area contributed by atoms with Gasteiger partial charge in [0.05, 0.1) is 0 Å². The van der Waals surface area contributed by atoms with E-state index in [1.54, 1.807) is 22.6 Å². The van der Waals surface area contributed by atoms with Gasteiger partial charge >= 0.3 is 0 Å². The number of nitrogens with zero attached hydrogens (tertiary/aromatic N) is 3. The van der Waals surface area contributed by atoms with Crippen LogP contribution in [0.25, 0.3) is 0 Å². The molecule has 0 spiro atoms. The largest absolute Gasteiger partial charge is 0.305 e. The van der Waals surface area contributed by atoms with Gasteiger partial charge in [-0.05, 0) is 37.2 Å². The molecule has 6 nitrogen and oxygen atoms in total. The SMILES string of the molecule is CN(C)Cc1cccc(NS(=O)(=O)C2C(Cl)N=C3SC=CN32)c1. The molecule has 0 amide bonds. The average molecular weight is 373 g/mol. The van der Waals surface area contributed by atoms with Crippen LogP contribution >= 0.6 is 23.4 Å². The van der Waals surface area contributed by atoms with Crippen molar-refractivity contribution in [2.45, 2.75) is 17.4 Å². The fourth-order valence-electron chi connectivity index (χ4n) is 2.49. The smallest absolute Gasteiger partial charge is 0.257 e. The molecule has 0 fully saturated rings. The van der Waals surface area contributed by atoms with Crippen LogP contribution in [0.3, 0.4) is 0 Å². The first-order valence-corrected chi connectivity index (χ1v) is 9.82. The molecule has 3 rings (SSSR count). The number of alkyl halides is 1. The Morgan fingerprint density at radius 2 is 2.22 bits per heavy atom. The molecule has 124 valence electrons. The van der Waals surface area contributed by atoms with Crippen molar-refractivity contribution in [3.8, 4) is 0 Å². The Labute approximate surface area is 145 Å². The van der Waals surface area contributed by atoms with E-state index in [0.29, 0.717) is 10.9 Å². The van der Waals surface area contributed by atoms with Crippen LogP contribution in [0.1, 0.15) is 5.56 Å². The van der Waals surface area contributed by atoms with Crippen molar-refractivity contribution in [3.63, 3.8) is 0 Å². The molecule has 0 aromatic heterocycles. The third-order valence-corrected chi connectivity index (χ3v) is 6.27. The van der Waals surface area contributed by atoms with Gasteiger partial charge in [-0.25, -0.2) is 13.4 Å². The van der Waals surface area contributed by atoms with E-state index in [0.717, 1.165) is 12.1 Å². The van der Waals surface area contributed by atoms with Gasteiger partial charge in [0, 0.05) is 18.4 Å². The second-order valence-corrected chi connectivity index (χ2v) is 8.67. The van der Waals surface area contributed by atoms with Crippen LogP contribution in [0.2, 0.25) is 0 Å². The van der Waals surface area contributed by atoms with E-state index in [2.05, 4.69) is 9.71 Å². The first-order chi connectivity index (χ1) is 10.9. The lowest BCUT2D eigenvalue weighted by molar-refractivity contribution is 0.402. The van der Waals surface area contributed by atoms with Crippen LogP contribution in [0.5, 0.6) is 0 Å². The molecule has 1 N–H and O–H groups in total. The highest BCUT2D eigenvalue weighted by atomic mass is 35.5. The van der Waals surface area contributed by atoms with Crippen molar-refractivity contribution in [2.24, 2.45) is 4.99 Å². The number of halogens is 1. The Bertz CT molecular complexity index is 764. The van der Waals surface area contributed by atoms with Gasteiger partial charge in [0.1, 0.15) is 0 Å². The number of benzene rings is 1. The van der Waals surface area contributed by atoms with Crippen molar-refractivity contribution in [3.05, 3.63) is 41.4 Å². The van der Waals surface area contributed by atoms with Gasteiger partial charge in [-0.15, -0.1) is 0 Å². The molecule has 1 aromatic rings. The van der Waals surface area contributed by atoms with Crippen LogP contribution in [-0.2, 0) is 16.6 Å².